The van der Waals surface area contributed by atoms with E-state index in [1.54, 1.807) is 7.11 Å². The average molecular weight is 281 g/mol. The Bertz CT molecular complexity index is 405. The summed E-state index contributed by atoms with van der Waals surface area (Å²) in [6.45, 7) is 2.69. The SMILES string of the molecule is COc1cccc(CNCCO)c1OCC1CCCO1. The molecular weight excluding hydrogens is 258 g/mol. The van der Waals surface area contributed by atoms with Crippen LogP contribution in [0.3, 0.4) is 0 Å². The highest BCUT2D eigenvalue weighted by Gasteiger charge is 2.18. The van der Waals surface area contributed by atoms with Crippen molar-refractivity contribution in [3.63, 3.8) is 0 Å². The molecule has 0 amide bonds. The summed E-state index contributed by atoms with van der Waals surface area (Å²) in [5, 5.41) is 12.0. The van der Waals surface area contributed by atoms with Crippen molar-refractivity contribution in [2.24, 2.45) is 0 Å². The lowest BCUT2D eigenvalue weighted by Gasteiger charge is -2.17. The third kappa shape index (κ3) is 4.10. The van der Waals surface area contributed by atoms with Crippen molar-refractivity contribution in [2.75, 3.05) is 33.5 Å². The van der Waals surface area contributed by atoms with Crippen LogP contribution in [0.4, 0.5) is 0 Å². The van der Waals surface area contributed by atoms with Crippen molar-refractivity contribution in [2.45, 2.75) is 25.5 Å². The normalized spacial score (nSPS) is 18.2. The van der Waals surface area contributed by atoms with Crippen LogP contribution >= 0.6 is 0 Å². The Hall–Kier alpha value is -1.30. The predicted octanol–water partition coefficient (Wildman–Crippen LogP) is 1.33. The summed E-state index contributed by atoms with van der Waals surface area (Å²) in [6, 6.07) is 5.83. The molecule has 2 rings (SSSR count). The lowest BCUT2D eigenvalue weighted by atomic mass is 10.1. The van der Waals surface area contributed by atoms with Gasteiger partial charge in [0.15, 0.2) is 11.5 Å². The number of aliphatic hydroxyl groups excluding tert-OH is 1. The van der Waals surface area contributed by atoms with Crippen molar-refractivity contribution in [3.8, 4) is 11.5 Å². The number of aliphatic hydroxyl groups is 1. The van der Waals surface area contributed by atoms with Gasteiger partial charge in [-0.05, 0) is 18.9 Å². The second-order valence-electron chi connectivity index (χ2n) is 4.79. The van der Waals surface area contributed by atoms with Gasteiger partial charge in [0.1, 0.15) is 6.61 Å². The molecule has 0 aromatic heterocycles. The van der Waals surface area contributed by atoms with Gasteiger partial charge in [0, 0.05) is 25.3 Å². The van der Waals surface area contributed by atoms with Crippen LogP contribution in [0.25, 0.3) is 0 Å². The van der Waals surface area contributed by atoms with Crippen LogP contribution in [0.15, 0.2) is 18.2 Å². The highest BCUT2D eigenvalue weighted by molar-refractivity contribution is 5.46. The first-order valence-electron chi connectivity index (χ1n) is 7.07. The van der Waals surface area contributed by atoms with Crippen LogP contribution in [-0.2, 0) is 11.3 Å². The van der Waals surface area contributed by atoms with Crippen molar-refractivity contribution < 1.29 is 19.3 Å². The fourth-order valence-electron chi connectivity index (χ4n) is 2.28. The Morgan fingerprint density at radius 3 is 3.05 bits per heavy atom. The zero-order valence-electron chi connectivity index (χ0n) is 11.9. The fourth-order valence-corrected chi connectivity index (χ4v) is 2.28. The molecule has 1 aromatic carbocycles. The summed E-state index contributed by atoms with van der Waals surface area (Å²) < 4.78 is 16.9. The van der Waals surface area contributed by atoms with Crippen LogP contribution in [0.2, 0.25) is 0 Å². The van der Waals surface area contributed by atoms with E-state index in [2.05, 4.69) is 5.32 Å². The van der Waals surface area contributed by atoms with E-state index in [-0.39, 0.29) is 12.7 Å². The Balaban J connectivity index is 2.01. The molecule has 1 aromatic rings. The summed E-state index contributed by atoms with van der Waals surface area (Å²) in [4.78, 5) is 0. The number of rotatable bonds is 8. The minimum Gasteiger partial charge on any atom is -0.493 e. The maximum absolute atomic E-state index is 8.83. The number of hydrogen-bond donors (Lipinski definition) is 2. The molecule has 1 unspecified atom stereocenters. The van der Waals surface area contributed by atoms with Crippen LogP contribution < -0.4 is 14.8 Å². The predicted molar refractivity (Wildman–Crippen MR) is 76.3 cm³/mol. The van der Waals surface area contributed by atoms with Crippen molar-refractivity contribution in [1.82, 2.24) is 5.32 Å². The van der Waals surface area contributed by atoms with E-state index in [9.17, 15) is 0 Å². The molecule has 2 N–H and O–H groups in total. The van der Waals surface area contributed by atoms with Gasteiger partial charge in [-0.1, -0.05) is 12.1 Å². The van der Waals surface area contributed by atoms with Gasteiger partial charge in [0.05, 0.1) is 19.8 Å². The van der Waals surface area contributed by atoms with E-state index in [0.29, 0.717) is 19.7 Å². The van der Waals surface area contributed by atoms with Gasteiger partial charge in [-0.15, -0.1) is 0 Å². The molecule has 1 atom stereocenters. The average Bonchev–Trinajstić information content (AvgIpc) is 2.99. The molecule has 0 saturated carbocycles. The Morgan fingerprint density at radius 1 is 1.45 bits per heavy atom. The first kappa shape index (κ1) is 15.1. The summed E-state index contributed by atoms with van der Waals surface area (Å²) in [7, 11) is 1.64. The minimum absolute atomic E-state index is 0.121. The molecule has 5 nitrogen and oxygen atoms in total. The molecule has 5 heteroatoms. The van der Waals surface area contributed by atoms with Crippen molar-refractivity contribution >= 4 is 0 Å². The summed E-state index contributed by atoms with van der Waals surface area (Å²) in [5.41, 5.74) is 1.02. The summed E-state index contributed by atoms with van der Waals surface area (Å²) >= 11 is 0. The van der Waals surface area contributed by atoms with E-state index in [1.807, 2.05) is 18.2 Å². The Morgan fingerprint density at radius 2 is 2.35 bits per heavy atom. The second kappa shape index (κ2) is 8.09. The third-order valence-corrected chi connectivity index (χ3v) is 3.32. The number of para-hydroxylation sites is 1. The first-order chi connectivity index (χ1) is 9.85. The summed E-state index contributed by atoms with van der Waals surface area (Å²) in [6.07, 6.45) is 2.33. The number of ether oxygens (including phenoxy) is 3. The minimum atomic E-state index is 0.121. The number of hydrogen-bond acceptors (Lipinski definition) is 5. The first-order valence-corrected chi connectivity index (χ1v) is 7.07. The molecule has 1 aliphatic heterocycles. The fraction of sp³-hybridized carbons (Fsp3) is 0.600. The Kier molecular flexibility index (Phi) is 6.11. The molecule has 0 bridgehead atoms. The van der Waals surface area contributed by atoms with Gasteiger partial charge in [0.25, 0.3) is 0 Å². The molecule has 1 aliphatic rings. The molecule has 0 aliphatic carbocycles. The summed E-state index contributed by atoms with van der Waals surface area (Å²) in [5.74, 6) is 1.49. The largest absolute Gasteiger partial charge is 0.493 e. The van der Waals surface area contributed by atoms with Crippen LogP contribution in [0, 0.1) is 0 Å². The van der Waals surface area contributed by atoms with Crippen molar-refractivity contribution in [1.29, 1.82) is 0 Å². The third-order valence-electron chi connectivity index (χ3n) is 3.32. The molecule has 1 saturated heterocycles. The van der Waals surface area contributed by atoms with Gasteiger partial charge in [-0.3, -0.25) is 0 Å². The van der Waals surface area contributed by atoms with E-state index < -0.39 is 0 Å². The molecule has 1 heterocycles. The highest BCUT2D eigenvalue weighted by atomic mass is 16.5. The van der Waals surface area contributed by atoms with Gasteiger partial charge >= 0.3 is 0 Å². The molecular formula is C15H23NO4. The van der Waals surface area contributed by atoms with Gasteiger partial charge in [-0.25, -0.2) is 0 Å². The van der Waals surface area contributed by atoms with E-state index >= 15 is 0 Å². The molecule has 112 valence electrons. The van der Waals surface area contributed by atoms with Crippen LogP contribution in [0.5, 0.6) is 11.5 Å². The quantitative estimate of drug-likeness (QED) is 0.704. The van der Waals surface area contributed by atoms with Crippen LogP contribution in [-0.4, -0.2) is 44.7 Å². The zero-order valence-corrected chi connectivity index (χ0v) is 11.9. The number of methoxy groups -OCH3 is 1. The number of nitrogens with one attached hydrogen (secondary N) is 1. The maximum Gasteiger partial charge on any atom is 0.165 e. The topological polar surface area (TPSA) is 60.0 Å². The monoisotopic (exact) mass is 281 g/mol. The molecule has 0 radical (unpaired) electrons. The lowest BCUT2D eigenvalue weighted by molar-refractivity contribution is 0.0665. The van der Waals surface area contributed by atoms with Crippen LogP contribution in [0.1, 0.15) is 18.4 Å². The van der Waals surface area contributed by atoms with E-state index in [1.165, 1.54) is 0 Å². The standard InChI is InChI=1S/C15H23NO4/c1-18-14-6-2-4-12(10-16-7-8-17)15(14)20-11-13-5-3-9-19-13/h2,4,6,13,16-17H,3,5,7-11H2,1H3. The molecule has 0 spiro atoms. The Labute approximate surface area is 119 Å². The molecule has 20 heavy (non-hydrogen) atoms. The maximum atomic E-state index is 8.83. The number of benzene rings is 1. The van der Waals surface area contributed by atoms with Gasteiger partial charge in [0.2, 0.25) is 0 Å². The lowest BCUT2D eigenvalue weighted by Crippen LogP contribution is -2.20. The van der Waals surface area contributed by atoms with Crippen molar-refractivity contribution in [3.05, 3.63) is 23.8 Å². The smallest absolute Gasteiger partial charge is 0.165 e. The van der Waals surface area contributed by atoms with Gasteiger partial charge in [-0.2, -0.15) is 0 Å². The second-order valence-corrected chi connectivity index (χ2v) is 4.79. The zero-order chi connectivity index (χ0) is 14.2. The molecule has 1 fully saturated rings. The van der Waals surface area contributed by atoms with E-state index in [4.69, 9.17) is 19.3 Å². The van der Waals surface area contributed by atoms with E-state index in [0.717, 1.165) is 36.5 Å². The van der Waals surface area contributed by atoms with Gasteiger partial charge < -0.3 is 24.6 Å². The highest BCUT2D eigenvalue weighted by Crippen LogP contribution is 2.31.